The third-order valence-corrected chi connectivity index (χ3v) is 5.90. The Hall–Kier alpha value is -2.31. The van der Waals surface area contributed by atoms with E-state index in [1.807, 2.05) is 12.1 Å². The Balaban J connectivity index is 1.25. The van der Waals surface area contributed by atoms with Crippen molar-refractivity contribution in [2.75, 3.05) is 44.2 Å². The lowest BCUT2D eigenvalue weighted by atomic mass is 10.2. The van der Waals surface area contributed by atoms with Crippen molar-refractivity contribution in [1.82, 2.24) is 4.90 Å². The molecule has 1 saturated heterocycles. The average molecular weight is 386 g/mol. The molecule has 0 atom stereocenters. The lowest BCUT2D eigenvalue weighted by Gasteiger charge is -2.35. The molecule has 1 aliphatic rings. The summed E-state index contributed by atoms with van der Waals surface area (Å²) >= 11 is 1.61. The highest BCUT2D eigenvalue weighted by molar-refractivity contribution is 7.17. The lowest BCUT2D eigenvalue weighted by molar-refractivity contribution is 0.222. The minimum Gasteiger partial charge on any atom is -0.504 e. The molecule has 142 valence electrons. The second-order valence-corrected chi connectivity index (χ2v) is 7.67. The predicted octanol–water partition coefficient (Wildman–Crippen LogP) is 4.34. The number of hydrogen-bond acceptors (Lipinski definition) is 5. The largest absolute Gasteiger partial charge is 0.504 e. The monoisotopic (exact) mass is 386 g/mol. The maximum atomic E-state index is 13.4. The second kappa shape index (κ2) is 8.15. The summed E-state index contributed by atoms with van der Waals surface area (Å²) in [6.07, 6.45) is 0.926. The molecule has 4 nitrogen and oxygen atoms in total. The summed E-state index contributed by atoms with van der Waals surface area (Å²) in [4.78, 5) is 4.84. The van der Waals surface area contributed by atoms with Crippen molar-refractivity contribution in [3.63, 3.8) is 0 Å². The van der Waals surface area contributed by atoms with Gasteiger partial charge in [-0.15, -0.1) is 11.3 Å². The van der Waals surface area contributed by atoms with Gasteiger partial charge in [0.15, 0.2) is 11.5 Å². The zero-order valence-corrected chi connectivity index (χ0v) is 15.9. The Morgan fingerprint density at radius 2 is 1.89 bits per heavy atom. The highest BCUT2D eigenvalue weighted by Crippen LogP contribution is 2.34. The van der Waals surface area contributed by atoms with Gasteiger partial charge in [0.1, 0.15) is 5.82 Å². The van der Waals surface area contributed by atoms with Crippen LogP contribution in [-0.4, -0.2) is 49.3 Å². The van der Waals surface area contributed by atoms with Crippen molar-refractivity contribution < 1.29 is 14.2 Å². The number of anilines is 1. The number of thiophene rings is 1. The van der Waals surface area contributed by atoms with Crippen molar-refractivity contribution in [3.8, 4) is 11.5 Å². The van der Waals surface area contributed by atoms with E-state index in [9.17, 15) is 9.50 Å². The summed E-state index contributed by atoms with van der Waals surface area (Å²) in [7, 11) is 0. The van der Waals surface area contributed by atoms with Gasteiger partial charge in [-0.05, 0) is 36.8 Å². The third-order valence-electron chi connectivity index (χ3n) is 4.97. The van der Waals surface area contributed by atoms with E-state index >= 15 is 0 Å². The first-order valence-corrected chi connectivity index (χ1v) is 10.1. The molecule has 1 aromatic heterocycles. The van der Waals surface area contributed by atoms with Gasteiger partial charge in [-0.1, -0.05) is 12.1 Å². The first-order valence-electron chi connectivity index (χ1n) is 9.25. The number of ether oxygens (including phenoxy) is 1. The van der Waals surface area contributed by atoms with E-state index in [-0.39, 0.29) is 11.6 Å². The first-order chi connectivity index (χ1) is 13.2. The second-order valence-electron chi connectivity index (χ2n) is 6.76. The van der Waals surface area contributed by atoms with Crippen molar-refractivity contribution in [2.24, 2.45) is 0 Å². The highest BCUT2D eigenvalue weighted by Gasteiger charge is 2.19. The highest BCUT2D eigenvalue weighted by atomic mass is 32.1. The van der Waals surface area contributed by atoms with Gasteiger partial charge < -0.3 is 14.7 Å². The number of piperazine rings is 1. The van der Waals surface area contributed by atoms with Gasteiger partial charge in [-0.3, -0.25) is 4.90 Å². The molecule has 6 heteroatoms. The molecule has 0 unspecified atom stereocenters. The normalized spacial score (nSPS) is 15.4. The first kappa shape index (κ1) is 18.1. The maximum absolute atomic E-state index is 13.4. The van der Waals surface area contributed by atoms with Crippen molar-refractivity contribution >= 4 is 27.1 Å². The fraction of sp³-hybridized carbons (Fsp3) is 0.333. The molecule has 1 N–H and O–H groups in total. The molecule has 4 rings (SSSR count). The number of nitrogens with zero attached hydrogens (tertiary/aromatic N) is 2. The molecule has 0 spiro atoms. The SMILES string of the molecule is Oc1ccccc1OCCCN1CCN(c2csc3cc(F)ccc23)CC1. The van der Waals surface area contributed by atoms with Crippen LogP contribution in [0, 0.1) is 5.82 Å². The Kier molecular flexibility index (Phi) is 5.45. The van der Waals surface area contributed by atoms with Crippen LogP contribution in [0.3, 0.4) is 0 Å². The average Bonchev–Trinajstić information content (AvgIpc) is 3.10. The fourth-order valence-corrected chi connectivity index (χ4v) is 4.49. The Morgan fingerprint density at radius 1 is 1.07 bits per heavy atom. The minimum absolute atomic E-state index is 0.174. The molecular formula is C21H23FN2O2S. The zero-order chi connectivity index (χ0) is 18.6. The van der Waals surface area contributed by atoms with Crippen LogP contribution >= 0.6 is 11.3 Å². The minimum atomic E-state index is -0.174. The predicted molar refractivity (Wildman–Crippen MR) is 109 cm³/mol. The summed E-state index contributed by atoms with van der Waals surface area (Å²) in [5.74, 6) is 0.559. The number of hydrogen-bond donors (Lipinski definition) is 1. The summed E-state index contributed by atoms with van der Waals surface area (Å²) in [6.45, 7) is 5.55. The van der Waals surface area contributed by atoms with E-state index in [1.165, 1.54) is 5.69 Å². The van der Waals surface area contributed by atoms with Gasteiger partial charge in [-0.25, -0.2) is 4.39 Å². The smallest absolute Gasteiger partial charge is 0.160 e. The molecule has 0 bridgehead atoms. The van der Waals surface area contributed by atoms with Crippen LogP contribution in [-0.2, 0) is 0 Å². The molecular weight excluding hydrogens is 363 g/mol. The van der Waals surface area contributed by atoms with E-state index in [1.54, 1.807) is 41.7 Å². The topological polar surface area (TPSA) is 35.9 Å². The van der Waals surface area contributed by atoms with E-state index in [0.717, 1.165) is 49.2 Å². The molecule has 2 heterocycles. The van der Waals surface area contributed by atoms with Crippen LogP contribution in [0.15, 0.2) is 47.8 Å². The van der Waals surface area contributed by atoms with E-state index in [0.29, 0.717) is 12.4 Å². The number of phenols is 1. The maximum Gasteiger partial charge on any atom is 0.160 e. The Labute approximate surface area is 162 Å². The standard InChI is InChI=1S/C21H23FN2O2S/c22-16-6-7-17-18(15-27-21(17)14-16)24-11-9-23(10-12-24)8-3-13-26-20-5-2-1-4-19(20)25/h1-2,4-7,14-15,25H,3,8-13H2. The molecule has 2 aromatic carbocycles. The molecule has 1 aliphatic heterocycles. The van der Waals surface area contributed by atoms with E-state index in [2.05, 4.69) is 15.2 Å². The molecule has 0 saturated carbocycles. The summed E-state index contributed by atoms with van der Waals surface area (Å²) in [5.41, 5.74) is 1.22. The van der Waals surface area contributed by atoms with E-state index < -0.39 is 0 Å². The third kappa shape index (κ3) is 4.17. The summed E-state index contributed by atoms with van der Waals surface area (Å²) < 4.78 is 20.0. The van der Waals surface area contributed by atoms with Crippen LogP contribution in [0.4, 0.5) is 10.1 Å². The van der Waals surface area contributed by atoms with Crippen LogP contribution < -0.4 is 9.64 Å². The molecule has 0 radical (unpaired) electrons. The Morgan fingerprint density at radius 3 is 2.70 bits per heavy atom. The summed E-state index contributed by atoms with van der Waals surface area (Å²) in [6, 6.07) is 12.1. The van der Waals surface area contributed by atoms with Gasteiger partial charge in [0.25, 0.3) is 0 Å². The van der Waals surface area contributed by atoms with Crippen molar-refractivity contribution in [3.05, 3.63) is 53.7 Å². The number of para-hydroxylation sites is 2. The van der Waals surface area contributed by atoms with Crippen LogP contribution in [0.1, 0.15) is 6.42 Å². The zero-order valence-electron chi connectivity index (χ0n) is 15.1. The number of rotatable bonds is 6. The van der Waals surface area contributed by atoms with Crippen molar-refractivity contribution in [2.45, 2.75) is 6.42 Å². The Bertz CT molecular complexity index is 906. The number of phenolic OH excluding ortho intramolecular Hbond substituents is 1. The van der Waals surface area contributed by atoms with Gasteiger partial charge in [0.2, 0.25) is 0 Å². The molecule has 1 fully saturated rings. The molecule has 27 heavy (non-hydrogen) atoms. The number of fused-ring (bicyclic) bond motifs is 1. The van der Waals surface area contributed by atoms with Crippen molar-refractivity contribution in [1.29, 1.82) is 0 Å². The quantitative estimate of drug-likeness (QED) is 0.640. The number of halogens is 1. The fourth-order valence-electron chi connectivity index (χ4n) is 3.49. The molecule has 0 aliphatic carbocycles. The number of benzene rings is 2. The molecule has 3 aromatic rings. The van der Waals surface area contributed by atoms with E-state index in [4.69, 9.17) is 4.74 Å². The van der Waals surface area contributed by atoms with Gasteiger partial charge in [0, 0.05) is 48.2 Å². The lowest BCUT2D eigenvalue weighted by Crippen LogP contribution is -2.46. The summed E-state index contributed by atoms with van der Waals surface area (Å²) in [5, 5.41) is 13.0. The van der Waals surface area contributed by atoms with Gasteiger partial charge in [0.05, 0.1) is 12.3 Å². The van der Waals surface area contributed by atoms with Crippen LogP contribution in [0.25, 0.3) is 10.1 Å². The van der Waals surface area contributed by atoms with Crippen LogP contribution in [0.2, 0.25) is 0 Å². The molecule has 0 amide bonds. The van der Waals surface area contributed by atoms with Gasteiger partial charge in [-0.2, -0.15) is 0 Å². The van der Waals surface area contributed by atoms with Crippen LogP contribution in [0.5, 0.6) is 11.5 Å². The number of aromatic hydroxyl groups is 1. The van der Waals surface area contributed by atoms with Gasteiger partial charge >= 0.3 is 0 Å².